The van der Waals surface area contributed by atoms with E-state index in [2.05, 4.69) is 110 Å². The highest BCUT2D eigenvalue weighted by Crippen LogP contribution is 2.46. The Kier molecular flexibility index (Phi) is 8.91. The van der Waals surface area contributed by atoms with Crippen molar-refractivity contribution in [3.63, 3.8) is 0 Å². The maximum Gasteiger partial charge on any atom is 0.259 e. The number of carbonyl (C=O) groups is 1. The van der Waals surface area contributed by atoms with Crippen LogP contribution in [0.1, 0.15) is 53.6 Å². The molecule has 0 spiro atoms. The van der Waals surface area contributed by atoms with Crippen LogP contribution in [0.2, 0.25) is 5.02 Å². The minimum absolute atomic E-state index is 0.133. The van der Waals surface area contributed by atoms with Gasteiger partial charge in [-0.2, -0.15) is 0 Å². The summed E-state index contributed by atoms with van der Waals surface area (Å²) in [6.07, 6.45) is 4.82. The molecule has 6 aromatic rings. The highest BCUT2D eigenvalue weighted by molar-refractivity contribution is 7.16. The van der Waals surface area contributed by atoms with E-state index in [0.29, 0.717) is 22.2 Å². The number of thiophene rings is 1. The van der Waals surface area contributed by atoms with Crippen molar-refractivity contribution in [1.82, 2.24) is 4.57 Å². The lowest BCUT2D eigenvalue weighted by atomic mass is 9.72. The Hall–Kier alpha value is -4.71. The molecule has 2 heterocycles. The summed E-state index contributed by atoms with van der Waals surface area (Å²) >= 11 is 7.80. The number of nitrogens with zero attached hydrogens (tertiary/aromatic N) is 2. The number of carbonyl (C=O) groups excluding carboxylic acids is 1. The van der Waals surface area contributed by atoms with Crippen molar-refractivity contribution in [2.45, 2.75) is 40.0 Å². The lowest BCUT2D eigenvalue weighted by molar-refractivity contribution is 0.102. The number of fused-ring (bicyclic) bond motifs is 1. The molecule has 1 N–H and O–H groups in total. The minimum Gasteiger partial charge on any atom is -0.322 e. The van der Waals surface area contributed by atoms with E-state index in [1.54, 1.807) is 23.5 Å². The lowest BCUT2D eigenvalue weighted by Gasteiger charge is -2.33. The number of rotatable bonds is 7. The molecule has 4 nitrogen and oxygen atoms in total. The number of amides is 1. The molecule has 4 aromatic carbocycles. The Morgan fingerprint density at radius 2 is 1.50 bits per heavy atom. The number of hydrogen-bond acceptors (Lipinski definition) is 3. The van der Waals surface area contributed by atoms with Crippen LogP contribution < -0.4 is 5.32 Å². The maximum absolute atomic E-state index is 14.0. The third-order valence-corrected chi connectivity index (χ3v) is 10.7. The molecule has 0 saturated carbocycles. The molecule has 0 bridgehead atoms. The normalized spacial score (nSPS) is 14.6. The molecule has 0 saturated heterocycles. The average Bonchev–Trinajstić information content (AvgIpc) is 3.67. The number of benzene rings is 4. The van der Waals surface area contributed by atoms with E-state index in [0.717, 1.165) is 63.6 Å². The van der Waals surface area contributed by atoms with Crippen molar-refractivity contribution >= 4 is 45.7 Å². The van der Waals surface area contributed by atoms with E-state index < -0.39 is 0 Å². The highest BCUT2D eigenvalue weighted by Gasteiger charge is 2.34. The first kappa shape index (κ1) is 31.9. The van der Waals surface area contributed by atoms with Gasteiger partial charge in [-0.3, -0.25) is 4.79 Å². The molecular formula is C42H38ClN3OS. The molecule has 7 rings (SSSR count). The second kappa shape index (κ2) is 13.4. The summed E-state index contributed by atoms with van der Waals surface area (Å²) in [6, 6.07) is 40.8. The van der Waals surface area contributed by atoms with Crippen molar-refractivity contribution < 1.29 is 4.79 Å². The molecule has 0 unspecified atom stereocenters. The van der Waals surface area contributed by atoms with Crippen molar-refractivity contribution in [3.05, 3.63) is 148 Å². The standard InChI is InChI=1S/C42H38ClN3OS/c1-42(2,3)31-19-24-35-37(26-31)48-41(38(35)40(47)45-33-22-20-32(43)21-23-33)44-27-30-25-36(28-13-7-4-8-14-28)46(34-17-11-6-12-18-34)39(30)29-15-9-5-10-16-29/h4-18,20-23,25,27,31H,19,24,26H2,1-3H3,(H,45,47)/t31-/m0/s1. The summed E-state index contributed by atoms with van der Waals surface area (Å²) in [5.41, 5.74) is 9.08. The fraction of sp³-hybridized carbons (Fsp3) is 0.190. The van der Waals surface area contributed by atoms with Crippen LogP contribution in [0.15, 0.2) is 126 Å². The first-order valence-electron chi connectivity index (χ1n) is 16.4. The van der Waals surface area contributed by atoms with E-state index in [1.165, 1.54) is 4.88 Å². The average molecular weight is 668 g/mol. The largest absolute Gasteiger partial charge is 0.322 e. The van der Waals surface area contributed by atoms with Gasteiger partial charge in [-0.05, 0) is 89.8 Å². The zero-order valence-electron chi connectivity index (χ0n) is 27.4. The molecule has 1 amide bonds. The third-order valence-electron chi connectivity index (χ3n) is 9.28. The second-order valence-electron chi connectivity index (χ2n) is 13.4. The Labute approximate surface area is 291 Å². The number of aromatic nitrogens is 1. The van der Waals surface area contributed by atoms with Crippen LogP contribution in [0, 0.1) is 11.3 Å². The van der Waals surface area contributed by atoms with Crippen molar-refractivity contribution in [2.24, 2.45) is 16.3 Å². The van der Waals surface area contributed by atoms with E-state index in [-0.39, 0.29) is 11.3 Å². The van der Waals surface area contributed by atoms with Crippen LogP contribution in [-0.2, 0) is 12.8 Å². The topological polar surface area (TPSA) is 46.4 Å². The summed E-state index contributed by atoms with van der Waals surface area (Å²) < 4.78 is 2.31. The summed E-state index contributed by atoms with van der Waals surface area (Å²) in [5.74, 6) is 0.414. The number of para-hydroxylation sites is 1. The van der Waals surface area contributed by atoms with E-state index in [1.807, 2.05) is 36.5 Å². The van der Waals surface area contributed by atoms with E-state index >= 15 is 0 Å². The van der Waals surface area contributed by atoms with Gasteiger partial charge in [-0.1, -0.05) is 111 Å². The number of halogens is 1. The van der Waals surface area contributed by atoms with Crippen LogP contribution in [0.5, 0.6) is 0 Å². The summed E-state index contributed by atoms with van der Waals surface area (Å²) in [5, 5.41) is 4.50. The fourth-order valence-corrected chi connectivity index (χ4v) is 8.07. The van der Waals surface area contributed by atoms with Crippen LogP contribution in [0.4, 0.5) is 10.7 Å². The Morgan fingerprint density at radius 1 is 0.875 bits per heavy atom. The van der Waals surface area contributed by atoms with Crippen LogP contribution >= 0.6 is 22.9 Å². The van der Waals surface area contributed by atoms with Gasteiger partial charge in [-0.15, -0.1) is 11.3 Å². The number of hydrogen-bond donors (Lipinski definition) is 1. The molecular weight excluding hydrogens is 630 g/mol. The molecule has 6 heteroatoms. The molecule has 48 heavy (non-hydrogen) atoms. The summed E-state index contributed by atoms with van der Waals surface area (Å²) in [6.45, 7) is 6.95. The first-order valence-corrected chi connectivity index (χ1v) is 17.6. The molecule has 0 fully saturated rings. The van der Waals surface area contributed by atoms with Gasteiger partial charge in [-0.25, -0.2) is 4.99 Å². The van der Waals surface area contributed by atoms with Crippen molar-refractivity contribution in [2.75, 3.05) is 5.32 Å². The number of nitrogens with one attached hydrogen (secondary N) is 1. The molecule has 1 aliphatic carbocycles. The Morgan fingerprint density at radius 3 is 2.15 bits per heavy atom. The van der Waals surface area contributed by atoms with Crippen LogP contribution in [-0.4, -0.2) is 16.7 Å². The van der Waals surface area contributed by atoms with Gasteiger partial charge in [0.05, 0.1) is 17.0 Å². The van der Waals surface area contributed by atoms with Crippen LogP contribution in [0.25, 0.3) is 28.2 Å². The fourth-order valence-electron chi connectivity index (χ4n) is 6.68. The van der Waals surface area contributed by atoms with Crippen LogP contribution in [0.3, 0.4) is 0 Å². The molecule has 2 aromatic heterocycles. The smallest absolute Gasteiger partial charge is 0.259 e. The second-order valence-corrected chi connectivity index (χ2v) is 15.0. The molecule has 0 aliphatic heterocycles. The molecule has 1 atom stereocenters. The van der Waals surface area contributed by atoms with Gasteiger partial charge in [0.1, 0.15) is 5.00 Å². The SMILES string of the molecule is CC(C)(C)[C@H]1CCc2c(sc(N=Cc3cc(-c4ccccc4)n(-c4ccccc4)c3-c3ccccc3)c2C(=O)Nc2ccc(Cl)cc2)C1. The van der Waals surface area contributed by atoms with Gasteiger partial charge in [0, 0.05) is 33.1 Å². The quantitative estimate of drug-likeness (QED) is 0.169. The van der Waals surface area contributed by atoms with E-state index in [4.69, 9.17) is 16.6 Å². The van der Waals surface area contributed by atoms with Gasteiger partial charge >= 0.3 is 0 Å². The zero-order valence-corrected chi connectivity index (χ0v) is 29.0. The predicted molar refractivity (Wildman–Crippen MR) is 203 cm³/mol. The summed E-state index contributed by atoms with van der Waals surface area (Å²) in [4.78, 5) is 20.5. The third kappa shape index (κ3) is 6.53. The van der Waals surface area contributed by atoms with Gasteiger partial charge < -0.3 is 9.88 Å². The Bertz CT molecular complexity index is 2070. The monoisotopic (exact) mass is 667 g/mol. The predicted octanol–water partition coefficient (Wildman–Crippen LogP) is 11.7. The van der Waals surface area contributed by atoms with Gasteiger partial charge in [0.15, 0.2) is 0 Å². The van der Waals surface area contributed by atoms with Gasteiger partial charge in [0.2, 0.25) is 0 Å². The maximum atomic E-state index is 14.0. The molecule has 240 valence electrons. The molecule has 0 radical (unpaired) electrons. The lowest BCUT2D eigenvalue weighted by Crippen LogP contribution is -2.27. The zero-order chi connectivity index (χ0) is 33.3. The minimum atomic E-state index is -0.133. The first-order chi connectivity index (χ1) is 23.3. The summed E-state index contributed by atoms with van der Waals surface area (Å²) in [7, 11) is 0. The molecule has 1 aliphatic rings. The van der Waals surface area contributed by atoms with Gasteiger partial charge in [0.25, 0.3) is 5.91 Å². The van der Waals surface area contributed by atoms with E-state index in [9.17, 15) is 4.79 Å². The van der Waals surface area contributed by atoms with Crippen molar-refractivity contribution in [3.8, 4) is 28.2 Å². The number of aliphatic imine (C=N–C) groups is 1. The highest BCUT2D eigenvalue weighted by atomic mass is 35.5. The number of anilines is 1. The Balaban J connectivity index is 1.38. The van der Waals surface area contributed by atoms with Crippen molar-refractivity contribution in [1.29, 1.82) is 0 Å².